The smallest absolute Gasteiger partial charge is 0.182 e. The van der Waals surface area contributed by atoms with Crippen molar-refractivity contribution < 1.29 is 23.7 Å². The van der Waals surface area contributed by atoms with Crippen LogP contribution in [0.15, 0.2) is 24.3 Å². The monoisotopic (exact) mass is 369 g/mol. The summed E-state index contributed by atoms with van der Waals surface area (Å²) in [7, 11) is 0. The first-order valence-electron chi connectivity index (χ1n) is 8.35. The molecule has 0 aliphatic carbocycles. The van der Waals surface area contributed by atoms with Gasteiger partial charge in [0.05, 0.1) is 6.61 Å². The highest BCUT2D eigenvalue weighted by atomic mass is 35.5. The maximum Gasteiger partial charge on any atom is 0.182 e. The number of benzene rings is 1. The van der Waals surface area contributed by atoms with Crippen molar-refractivity contribution >= 4 is 17.8 Å². The zero-order valence-electron chi connectivity index (χ0n) is 14.9. The molecule has 0 spiro atoms. The van der Waals surface area contributed by atoms with Crippen LogP contribution in [0.25, 0.3) is 0 Å². The number of hydroxylamine groups is 1. The Morgan fingerprint density at radius 2 is 1.80 bits per heavy atom. The Balaban J connectivity index is 1.71. The fraction of sp³-hybridized carbons (Fsp3) is 0.611. The SMILES string of the molecule is CC1(C)OC[C@H]([C@H]2OC(C)(C)O[C@@H]2C/[N+]([O-])=C/c2ccc(Cl)cc2)O1. The van der Waals surface area contributed by atoms with Crippen molar-refractivity contribution in [2.75, 3.05) is 13.2 Å². The zero-order chi connectivity index (χ0) is 18.2. The maximum atomic E-state index is 12.4. The van der Waals surface area contributed by atoms with E-state index in [2.05, 4.69) is 0 Å². The number of halogens is 1. The van der Waals surface area contributed by atoms with Crippen molar-refractivity contribution in [1.29, 1.82) is 0 Å². The topological polar surface area (TPSA) is 63.0 Å². The first kappa shape index (κ1) is 18.6. The summed E-state index contributed by atoms with van der Waals surface area (Å²) in [6.45, 7) is 7.93. The minimum absolute atomic E-state index is 0.136. The van der Waals surface area contributed by atoms with Gasteiger partial charge in [-0.25, -0.2) is 4.74 Å². The third kappa shape index (κ3) is 4.71. The van der Waals surface area contributed by atoms with Gasteiger partial charge in [0.15, 0.2) is 24.3 Å². The van der Waals surface area contributed by atoms with E-state index in [0.717, 1.165) is 10.3 Å². The van der Waals surface area contributed by atoms with Gasteiger partial charge in [0.2, 0.25) is 0 Å². The highest BCUT2D eigenvalue weighted by molar-refractivity contribution is 6.30. The van der Waals surface area contributed by atoms with Crippen molar-refractivity contribution in [3.05, 3.63) is 40.1 Å². The van der Waals surface area contributed by atoms with Gasteiger partial charge in [0.1, 0.15) is 18.3 Å². The van der Waals surface area contributed by atoms with Crippen LogP contribution in [0.5, 0.6) is 0 Å². The van der Waals surface area contributed by atoms with E-state index in [9.17, 15) is 5.21 Å². The van der Waals surface area contributed by atoms with Gasteiger partial charge in [-0.2, -0.15) is 0 Å². The standard InChI is InChI=1S/C18H24ClNO5/c1-17(2)22-11-15(24-17)16-14(23-18(3,4)25-16)10-20(21)9-12-5-7-13(19)8-6-12/h5-9,14-16H,10-11H2,1-4H3/b20-9-/t14-,15-,16+/m1/s1. The van der Waals surface area contributed by atoms with E-state index in [1.165, 1.54) is 6.21 Å². The van der Waals surface area contributed by atoms with Crippen LogP contribution in [0.2, 0.25) is 5.02 Å². The van der Waals surface area contributed by atoms with Gasteiger partial charge in [-0.3, -0.25) is 0 Å². The molecule has 1 aromatic rings. The molecule has 3 rings (SSSR count). The molecule has 0 radical (unpaired) electrons. The van der Waals surface area contributed by atoms with Crippen LogP contribution < -0.4 is 0 Å². The van der Waals surface area contributed by atoms with Crippen molar-refractivity contribution in [3.63, 3.8) is 0 Å². The Hall–Kier alpha value is -1.18. The van der Waals surface area contributed by atoms with Crippen LogP contribution in [0, 0.1) is 5.21 Å². The molecule has 6 nitrogen and oxygen atoms in total. The van der Waals surface area contributed by atoms with Gasteiger partial charge in [-0.05, 0) is 52.0 Å². The zero-order valence-corrected chi connectivity index (χ0v) is 15.7. The molecule has 138 valence electrons. The van der Waals surface area contributed by atoms with E-state index in [-0.39, 0.29) is 18.8 Å². The van der Waals surface area contributed by atoms with Crippen molar-refractivity contribution in [3.8, 4) is 0 Å². The van der Waals surface area contributed by atoms with E-state index in [0.29, 0.717) is 11.6 Å². The first-order chi connectivity index (χ1) is 11.6. The molecule has 2 heterocycles. The van der Waals surface area contributed by atoms with Gasteiger partial charge in [-0.1, -0.05) is 11.6 Å². The molecule has 0 unspecified atom stereocenters. The molecular formula is C18H24ClNO5. The fourth-order valence-electron chi connectivity index (χ4n) is 3.14. The number of nitrogens with zero attached hydrogens (tertiary/aromatic N) is 1. The Morgan fingerprint density at radius 3 is 2.40 bits per heavy atom. The number of hydrogen-bond acceptors (Lipinski definition) is 5. The molecule has 2 saturated heterocycles. The molecule has 0 N–H and O–H groups in total. The van der Waals surface area contributed by atoms with Crippen LogP contribution in [0.4, 0.5) is 0 Å². The second-order valence-electron chi connectivity index (χ2n) is 7.29. The van der Waals surface area contributed by atoms with E-state index in [1.807, 2.05) is 27.7 Å². The molecular weight excluding hydrogens is 346 g/mol. The van der Waals surface area contributed by atoms with Gasteiger partial charge in [0, 0.05) is 10.6 Å². The molecule has 0 saturated carbocycles. The lowest BCUT2D eigenvalue weighted by molar-refractivity contribution is -0.465. The number of rotatable bonds is 4. The van der Waals surface area contributed by atoms with Crippen molar-refractivity contribution in [1.82, 2.24) is 0 Å². The molecule has 7 heteroatoms. The summed E-state index contributed by atoms with van der Waals surface area (Å²) in [6, 6.07) is 7.07. The Bertz CT molecular complexity index is 643. The van der Waals surface area contributed by atoms with E-state index in [1.54, 1.807) is 24.3 Å². The molecule has 3 atom stereocenters. The predicted octanol–water partition coefficient (Wildman–Crippen LogP) is 2.94. The lowest BCUT2D eigenvalue weighted by Crippen LogP contribution is -2.41. The summed E-state index contributed by atoms with van der Waals surface area (Å²) in [5.74, 6) is -1.43. The van der Waals surface area contributed by atoms with E-state index in [4.69, 9.17) is 30.5 Å². The molecule has 0 amide bonds. The Morgan fingerprint density at radius 1 is 1.12 bits per heavy atom. The second-order valence-corrected chi connectivity index (χ2v) is 7.72. The number of hydrogen-bond donors (Lipinski definition) is 0. The van der Waals surface area contributed by atoms with Crippen LogP contribution >= 0.6 is 11.6 Å². The normalized spacial score (nSPS) is 31.4. The maximum absolute atomic E-state index is 12.4. The molecule has 0 aromatic heterocycles. The molecule has 2 fully saturated rings. The van der Waals surface area contributed by atoms with Gasteiger partial charge < -0.3 is 24.2 Å². The highest BCUT2D eigenvalue weighted by Gasteiger charge is 2.50. The predicted molar refractivity (Wildman–Crippen MR) is 93.8 cm³/mol. The Labute approximate surface area is 152 Å². The van der Waals surface area contributed by atoms with Crippen LogP contribution in [0.1, 0.15) is 33.3 Å². The van der Waals surface area contributed by atoms with Crippen LogP contribution in [-0.4, -0.2) is 54.0 Å². The fourth-order valence-corrected chi connectivity index (χ4v) is 3.27. The molecule has 25 heavy (non-hydrogen) atoms. The van der Waals surface area contributed by atoms with Crippen molar-refractivity contribution in [2.45, 2.75) is 57.6 Å². The average Bonchev–Trinajstić information content (AvgIpc) is 3.00. The number of ether oxygens (including phenoxy) is 4. The largest absolute Gasteiger partial charge is 0.624 e. The highest BCUT2D eigenvalue weighted by Crippen LogP contribution is 2.35. The second kappa shape index (κ2) is 6.85. The summed E-state index contributed by atoms with van der Waals surface area (Å²) >= 11 is 5.86. The van der Waals surface area contributed by atoms with E-state index < -0.39 is 17.7 Å². The molecule has 2 aliphatic heterocycles. The van der Waals surface area contributed by atoms with Crippen LogP contribution in [0.3, 0.4) is 0 Å². The van der Waals surface area contributed by atoms with Crippen molar-refractivity contribution in [2.24, 2.45) is 0 Å². The first-order valence-corrected chi connectivity index (χ1v) is 8.73. The summed E-state index contributed by atoms with van der Waals surface area (Å²) in [6.07, 6.45) is 0.453. The third-order valence-electron chi connectivity index (χ3n) is 4.14. The summed E-state index contributed by atoms with van der Waals surface area (Å²) < 4.78 is 24.3. The lowest BCUT2D eigenvalue weighted by atomic mass is 10.1. The molecule has 0 bridgehead atoms. The summed E-state index contributed by atoms with van der Waals surface area (Å²) in [5.41, 5.74) is 0.774. The van der Waals surface area contributed by atoms with Gasteiger partial charge >= 0.3 is 0 Å². The summed E-state index contributed by atoms with van der Waals surface area (Å²) in [5, 5.41) is 13.0. The minimum Gasteiger partial charge on any atom is -0.624 e. The average molecular weight is 370 g/mol. The van der Waals surface area contributed by atoms with Gasteiger partial charge in [-0.15, -0.1) is 0 Å². The third-order valence-corrected chi connectivity index (χ3v) is 4.39. The minimum atomic E-state index is -0.771. The van der Waals surface area contributed by atoms with Gasteiger partial charge in [0.25, 0.3) is 0 Å². The summed E-state index contributed by atoms with van der Waals surface area (Å²) in [4.78, 5) is 0. The Kier molecular flexibility index (Phi) is 5.10. The lowest BCUT2D eigenvalue weighted by Gasteiger charge is -2.23. The molecule has 2 aliphatic rings. The quantitative estimate of drug-likeness (QED) is 0.353. The van der Waals surface area contributed by atoms with Crippen LogP contribution in [-0.2, 0) is 18.9 Å². The van der Waals surface area contributed by atoms with E-state index >= 15 is 0 Å². The molecule has 1 aromatic carbocycles.